The summed E-state index contributed by atoms with van der Waals surface area (Å²) in [5.74, 6) is 0.0440. The van der Waals surface area contributed by atoms with Gasteiger partial charge in [0.05, 0.1) is 4.88 Å². The van der Waals surface area contributed by atoms with Crippen molar-refractivity contribution < 1.29 is 4.79 Å². The SMILES string of the molecule is Cl.O=C(NC1CCNC1)c1sccc1-c1ccccc1. The summed E-state index contributed by atoms with van der Waals surface area (Å²) in [6.45, 7) is 1.86. The minimum atomic E-state index is 0. The van der Waals surface area contributed by atoms with Crippen LogP contribution in [0, 0.1) is 0 Å². The highest BCUT2D eigenvalue weighted by atomic mass is 35.5. The zero-order valence-electron chi connectivity index (χ0n) is 11.0. The molecule has 1 aliphatic heterocycles. The molecule has 0 aliphatic carbocycles. The molecule has 1 fully saturated rings. The van der Waals surface area contributed by atoms with Gasteiger partial charge in [-0.1, -0.05) is 30.3 Å². The van der Waals surface area contributed by atoms with Crippen molar-refractivity contribution in [2.75, 3.05) is 13.1 Å². The molecule has 1 saturated heterocycles. The Kier molecular flexibility index (Phi) is 5.17. The first-order valence-electron chi connectivity index (χ1n) is 6.49. The lowest BCUT2D eigenvalue weighted by Crippen LogP contribution is -2.35. The highest BCUT2D eigenvalue weighted by molar-refractivity contribution is 7.12. The number of hydrogen-bond donors (Lipinski definition) is 2. The van der Waals surface area contributed by atoms with E-state index in [1.165, 1.54) is 11.3 Å². The Bertz CT molecular complexity index is 564. The third-order valence-electron chi connectivity index (χ3n) is 3.35. The molecule has 0 bridgehead atoms. The third-order valence-corrected chi connectivity index (χ3v) is 4.26. The van der Waals surface area contributed by atoms with Gasteiger partial charge in [-0.25, -0.2) is 0 Å². The Balaban J connectivity index is 0.00000147. The zero-order chi connectivity index (χ0) is 13.1. The molecule has 2 aromatic rings. The third kappa shape index (κ3) is 3.20. The van der Waals surface area contributed by atoms with Crippen LogP contribution in [0.4, 0.5) is 0 Å². The van der Waals surface area contributed by atoms with E-state index in [4.69, 9.17) is 0 Å². The van der Waals surface area contributed by atoms with Gasteiger partial charge < -0.3 is 10.6 Å². The maximum Gasteiger partial charge on any atom is 0.262 e. The Morgan fingerprint density at radius 3 is 2.75 bits per heavy atom. The second-order valence-electron chi connectivity index (χ2n) is 4.69. The van der Waals surface area contributed by atoms with E-state index in [1.807, 2.05) is 41.8 Å². The molecule has 1 amide bonds. The fourth-order valence-corrected chi connectivity index (χ4v) is 3.18. The van der Waals surface area contributed by atoms with E-state index in [1.54, 1.807) is 0 Å². The summed E-state index contributed by atoms with van der Waals surface area (Å²) in [5.41, 5.74) is 2.12. The molecule has 1 aliphatic rings. The smallest absolute Gasteiger partial charge is 0.262 e. The minimum absolute atomic E-state index is 0. The van der Waals surface area contributed by atoms with Crippen LogP contribution >= 0.6 is 23.7 Å². The van der Waals surface area contributed by atoms with Gasteiger partial charge in [-0.05, 0) is 30.0 Å². The van der Waals surface area contributed by atoms with Crippen LogP contribution in [-0.2, 0) is 0 Å². The molecule has 5 heteroatoms. The van der Waals surface area contributed by atoms with Crippen LogP contribution in [0.3, 0.4) is 0 Å². The maximum atomic E-state index is 12.3. The van der Waals surface area contributed by atoms with Gasteiger partial charge in [0.1, 0.15) is 0 Å². The van der Waals surface area contributed by atoms with Gasteiger partial charge in [-0.3, -0.25) is 4.79 Å². The number of amides is 1. The minimum Gasteiger partial charge on any atom is -0.347 e. The van der Waals surface area contributed by atoms with Gasteiger partial charge >= 0.3 is 0 Å². The molecule has 20 heavy (non-hydrogen) atoms. The first-order valence-corrected chi connectivity index (χ1v) is 7.37. The van der Waals surface area contributed by atoms with E-state index in [9.17, 15) is 4.79 Å². The van der Waals surface area contributed by atoms with E-state index < -0.39 is 0 Å². The summed E-state index contributed by atoms with van der Waals surface area (Å²) in [6.07, 6.45) is 1.01. The Morgan fingerprint density at radius 2 is 2.05 bits per heavy atom. The predicted molar refractivity (Wildman–Crippen MR) is 85.7 cm³/mol. The number of nitrogens with one attached hydrogen (secondary N) is 2. The second kappa shape index (κ2) is 6.88. The molecule has 1 atom stereocenters. The summed E-state index contributed by atoms with van der Waals surface area (Å²) < 4.78 is 0. The molecular formula is C15H17ClN2OS. The van der Waals surface area contributed by atoms with Crippen LogP contribution in [-0.4, -0.2) is 25.0 Å². The highest BCUT2D eigenvalue weighted by Crippen LogP contribution is 2.28. The molecule has 1 aromatic carbocycles. The molecule has 2 N–H and O–H groups in total. The molecule has 0 spiro atoms. The standard InChI is InChI=1S/C15H16N2OS.ClH/c18-15(17-12-6-8-16-10-12)14-13(7-9-19-14)11-4-2-1-3-5-11;/h1-5,7,9,12,16H,6,8,10H2,(H,17,18);1H. The lowest BCUT2D eigenvalue weighted by molar-refractivity contribution is 0.0945. The van der Waals surface area contributed by atoms with Crippen molar-refractivity contribution in [2.45, 2.75) is 12.5 Å². The number of halogens is 1. The molecule has 3 rings (SSSR count). The van der Waals surface area contributed by atoms with E-state index >= 15 is 0 Å². The zero-order valence-corrected chi connectivity index (χ0v) is 12.6. The van der Waals surface area contributed by atoms with Crippen molar-refractivity contribution in [2.24, 2.45) is 0 Å². The van der Waals surface area contributed by atoms with Gasteiger partial charge in [-0.15, -0.1) is 23.7 Å². The van der Waals surface area contributed by atoms with Crippen molar-refractivity contribution in [3.63, 3.8) is 0 Å². The van der Waals surface area contributed by atoms with Crippen molar-refractivity contribution in [1.29, 1.82) is 0 Å². The van der Waals surface area contributed by atoms with Crippen LogP contribution in [0.2, 0.25) is 0 Å². The van der Waals surface area contributed by atoms with Crippen LogP contribution in [0.5, 0.6) is 0 Å². The predicted octanol–water partition coefficient (Wildman–Crippen LogP) is 2.93. The number of thiophene rings is 1. The number of hydrogen-bond acceptors (Lipinski definition) is 3. The molecular weight excluding hydrogens is 292 g/mol. The van der Waals surface area contributed by atoms with E-state index in [2.05, 4.69) is 10.6 Å². The van der Waals surface area contributed by atoms with E-state index in [0.717, 1.165) is 35.5 Å². The van der Waals surface area contributed by atoms with Crippen LogP contribution in [0.1, 0.15) is 16.1 Å². The lowest BCUT2D eigenvalue weighted by Gasteiger charge is -2.11. The number of carbonyl (C=O) groups is 1. The largest absolute Gasteiger partial charge is 0.347 e. The summed E-state index contributed by atoms with van der Waals surface area (Å²) in [7, 11) is 0. The first-order chi connectivity index (χ1) is 9.34. The van der Waals surface area contributed by atoms with Crippen molar-refractivity contribution in [3.8, 4) is 11.1 Å². The number of benzene rings is 1. The van der Waals surface area contributed by atoms with Crippen molar-refractivity contribution in [1.82, 2.24) is 10.6 Å². The van der Waals surface area contributed by atoms with Gasteiger partial charge in [0.25, 0.3) is 5.91 Å². The Labute approximate surface area is 128 Å². The first kappa shape index (κ1) is 15.0. The van der Waals surface area contributed by atoms with Crippen LogP contribution < -0.4 is 10.6 Å². The molecule has 1 aromatic heterocycles. The maximum absolute atomic E-state index is 12.3. The lowest BCUT2D eigenvalue weighted by atomic mass is 10.1. The average Bonchev–Trinajstić information content (AvgIpc) is 3.10. The quantitative estimate of drug-likeness (QED) is 0.915. The fourth-order valence-electron chi connectivity index (χ4n) is 2.36. The number of rotatable bonds is 3. The number of carbonyl (C=O) groups excluding carboxylic acids is 1. The van der Waals surface area contributed by atoms with Crippen LogP contribution in [0.15, 0.2) is 41.8 Å². The van der Waals surface area contributed by atoms with Gasteiger partial charge in [0.2, 0.25) is 0 Å². The summed E-state index contributed by atoms with van der Waals surface area (Å²) >= 11 is 1.50. The Morgan fingerprint density at radius 1 is 1.25 bits per heavy atom. The fraction of sp³-hybridized carbons (Fsp3) is 0.267. The Hall–Kier alpha value is -1.36. The molecule has 3 nitrogen and oxygen atoms in total. The van der Waals surface area contributed by atoms with Crippen LogP contribution in [0.25, 0.3) is 11.1 Å². The second-order valence-corrected chi connectivity index (χ2v) is 5.61. The summed E-state index contributed by atoms with van der Waals surface area (Å²) in [4.78, 5) is 13.1. The van der Waals surface area contributed by atoms with E-state index in [-0.39, 0.29) is 24.4 Å². The molecule has 1 unspecified atom stereocenters. The topological polar surface area (TPSA) is 41.1 Å². The molecule has 0 saturated carbocycles. The monoisotopic (exact) mass is 308 g/mol. The van der Waals surface area contributed by atoms with Gasteiger partial charge in [-0.2, -0.15) is 0 Å². The van der Waals surface area contributed by atoms with Crippen molar-refractivity contribution >= 4 is 29.7 Å². The van der Waals surface area contributed by atoms with E-state index in [0.29, 0.717) is 0 Å². The van der Waals surface area contributed by atoms with Gasteiger partial charge in [0, 0.05) is 18.2 Å². The summed E-state index contributed by atoms with van der Waals surface area (Å²) in [5, 5.41) is 8.33. The van der Waals surface area contributed by atoms with Crippen molar-refractivity contribution in [3.05, 3.63) is 46.7 Å². The highest BCUT2D eigenvalue weighted by Gasteiger charge is 2.20. The molecule has 106 valence electrons. The van der Waals surface area contributed by atoms with Gasteiger partial charge in [0.15, 0.2) is 0 Å². The summed E-state index contributed by atoms with van der Waals surface area (Å²) in [6, 6.07) is 12.3. The average molecular weight is 309 g/mol. The normalized spacial score (nSPS) is 17.5. The molecule has 2 heterocycles. The molecule has 0 radical (unpaired) electrons.